The van der Waals surface area contributed by atoms with Crippen LogP contribution >= 0.6 is 0 Å². The molecule has 0 aliphatic rings. The molecule has 0 saturated carbocycles. The first-order valence-corrected chi connectivity index (χ1v) is 4.96. The number of hydrogen-bond donors (Lipinski definition) is 1. The number of aryl methyl sites for hydroxylation is 2. The molecule has 0 saturated heterocycles. The number of benzene rings is 1. The third-order valence-electron chi connectivity index (χ3n) is 2.67. The summed E-state index contributed by atoms with van der Waals surface area (Å²) in [6, 6.07) is 7.31. The molecule has 0 bridgehead atoms. The zero-order chi connectivity index (χ0) is 11.0. The third-order valence-corrected chi connectivity index (χ3v) is 2.67. The Hall–Kier alpha value is -1.77. The van der Waals surface area contributed by atoms with Crippen molar-refractivity contribution in [1.29, 1.82) is 0 Å². The smallest absolute Gasteiger partial charge is 0.335 e. The van der Waals surface area contributed by atoms with E-state index < -0.39 is 5.97 Å². The van der Waals surface area contributed by atoms with Crippen molar-refractivity contribution in [2.75, 3.05) is 0 Å². The lowest BCUT2D eigenvalue weighted by molar-refractivity contribution is 0.0697. The van der Waals surface area contributed by atoms with Crippen LogP contribution in [0.15, 0.2) is 24.3 Å². The van der Waals surface area contributed by atoms with Crippen LogP contribution in [0, 0.1) is 6.92 Å². The van der Waals surface area contributed by atoms with Gasteiger partial charge in [0.25, 0.3) is 0 Å². The number of carboxylic acids is 1. The second-order valence-corrected chi connectivity index (χ2v) is 3.61. The Morgan fingerprint density at radius 3 is 2.73 bits per heavy atom. The van der Waals surface area contributed by atoms with Crippen molar-refractivity contribution in [1.82, 2.24) is 4.57 Å². The second kappa shape index (κ2) is 3.42. The maximum absolute atomic E-state index is 10.8. The van der Waals surface area contributed by atoms with E-state index in [-0.39, 0.29) is 0 Å². The number of fused-ring (bicyclic) bond motifs is 1. The predicted molar refractivity (Wildman–Crippen MR) is 59.3 cm³/mol. The summed E-state index contributed by atoms with van der Waals surface area (Å²) < 4.78 is 2.11. The molecule has 1 aromatic carbocycles. The van der Waals surface area contributed by atoms with E-state index >= 15 is 0 Å². The number of nitrogens with zero attached hydrogens (tertiary/aromatic N) is 1. The van der Waals surface area contributed by atoms with E-state index in [9.17, 15) is 4.79 Å². The Morgan fingerprint density at radius 2 is 2.13 bits per heavy atom. The molecule has 0 radical (unpaired) electrons. The number of aromatic nitrogens is 1. The van der Waals surface area contributed by atoms with Gasteiger partial charge in [0.15, 0.2) is 0 Å². The van der Waals surface area contributed by atoms with Gasteiger partial charge in [0.1, 0.15) is 0 Å². The van der Waals surface area contributed by atoms with Crippen molar-refractivity contribution >= 4 is 16.9 Å². The highest BCUT2D eigenvalue weighted by Crippen LogP contribution is 2.20. The van der Waals surface area contributed by atoms with Crippen LogP contribution in [0.4, 0.5) is 0 Å². The average Bonchev–Trinajstić information content (AvgIpc) is 2.51. The Bertz CT molecular complexity index is 526. The van der Waals surface area contributed by atoms with Gasteiger partial charge in [-0.3, -0.25) is 0 Å². The molecule has 0 unspecified atom stereocenters. The maximum atomic E-state index is 10.8. The molecule has 0 spiro atoms. The summed E-state index contributed by atoms with van der Waals surface area (Å²) in [6.07, 6.45) is 0. The lowest BCUT2D eigenvalue weighted by atomic mass is 10.1. The summed E-state index contributed by atoms with van der Waals surface area (Å²) in [5.41, 5.74) is 2.50. The predicted octanol–water partition coefficient (Wildman–Crippen LogP) is 2.67. The van der Waals surface area contributed by atoms with E-state index in [0.29, 0.717) is 5.56 Å². The largest absolute Gasteiger partial charge is 0.478 e. The molecular formula is C12H13NO2. The molecule has 3 heteroatoms. The molecule has 2 aromatic rings. The summed E-state index contributed by atoms with van der Waals surface area (Å²) in [5, 5.41) is 10.0. The standard InChI is InChI=1S/C12H13NO2/c1-3-13-8(2)6-9-4-5-10(12(14)15)7-11(9)13/h4-7H,3H2,1-2H3,(H,14,15). The number of rotatable bonds is 2. The molecular weight excluding hydrogens is 190 g/mol. The summed E-state index contributed by atoms with van der Waals surface area (Å²) >= 11 is 0. The fourth-order valence-corrected chi connectivity index (χ4v) is 1.95. The quantitative estimate of drug-likeness (QED) is 0.815. The fraction of sp³-hybridized carbons (Fsp3) is 0.250. The van der Waals surface area contributed by atoms with Crippen LogP contribution in [0.2, 0.25) is 0 Å². The van der Waals surface area contributed by atoms with Gasteiger partial charge in [-0.15, -0.1) is 0 Å². The van der Waals surface area contributed by atoms with Crippen LogP contribution < -0.4 is 0 Å². The third kappa shape index (κ3) is 1.50. The lowest BCUT2D eigenvalue weighted by Crippen LogP contribution is -1.99. The van der Waals surface area contributed by atoms with E-state index in [1.54, 1.807) is 12.1 Å². The van der Waals surface area contributed by atoms with E-state index in [1.807, 2.05) is 13.0 Å². The van der Waals surface area contributed by atoms with Crippen molar-refractivity contribution in [2.24, 2.45) is 0 Å². The van der Waals surface area contributed by atoms with Gasteiger partial charge in [-0.05, 0) is 37.4 Å². The van der Waals surface area contributed by atoms with Gasteiger partial charge < -0.3 is 9.67 Å². The monoisotopic (exact) mass is 203 g/mol. The van der Waals surface area contributed by atoms with Gasteiger partial charge >= 0.3 is 5.97 Å². The number of carboxylic acid groups (broad SMARTS) is 1. The number of hydrogen-bond acceptors (Lipinski definition) is 1. The summed E-state index contributed by atoms with van der Waals surface area (Å²) in [5.74, 6) is -0.876. The molecule has 1 heterocycles. The SMILES string of the molecule is CCn1c(C)cc2ccc(C(=O)O)cc21. The first-order chi connectivity index (χ1) is 7.13. The van der Waals surface area contributed by atoms with Crippen molar-refractivity contribution < 1.29 is 9.90 Å². The average molecular weight is 203 g/mol. The second-order valence-electron chi connectivity index (χ2n) is 3.61. The van der Waals surface area contributed by atoms with Crippen LogP contribution in [0.1, 0.15) is 23.0 Å². The van der Waals surface area contributed by atoms with Crippen LogP contribution in [-0.2, 0) is 6.54 Å². The van der Waals surface area contributed by atoms with Crippen LogP contribution in [0.3, 0.4) is 0 Å². The zero-order valence-corrected chi connectivity index (χ0v) is 8.82. The normalized spacial score (nSPS) is 10.8. The summed E-state index contributed by atoms with van der Waals surface area (Å²) in [6.45, 7) is 4.95. The molecule has 0 aliphatic carbocycles. The highest BCUT2D eigenvalue weighted by molar-refractivity contribution is 5.93. The molecule has 15 heavy (non-hydrogen) atoms. The van der Waals surface area contributed by atoms with E-state index in [4.69, 9.17) is 5.11 Å². The van der Waals surface area contributed by atoms with Crippen molar-refractivity contribution in [3.05, 3.63) is 35.5 Å². The minimum Gasteiger partial charge on any atom is -0.478 e. The molecule has 0 fully saturated rings. The molecule has 0 aliphatic heterocycles. The van der Waals surface area contributed by atoms with Crippen molar-refractivity contribution in [3.8, 4) is 0 Å². The Balaban J connectivity index is 2.73. The van der Waals surface area contributed by atoms with Gasteiger partial charge in [0, 0.05) is 17.8 Å². The summed E-state index contributed by atoms with van der Waals surface area (Å²) in [7, 11) is 0. The zero-order valence-electron chi connectivity index (χ0n) is 8.82. The van der Waals surface area contributed by atoms with Crippen LogP contribution in [0.25, 0.3) is 10.9 Å². The molecule has 2 rings (SSSR count). The Kier molecular flexibility index (Phi) is 2.23. The van der Waals surface area contributed by atoms with Gasteiger partial charge in [-0.25, -0.2) is 4.79 Å². The summed E-state index contributed by atoms with van der Waals surface area (Å²) in [4.78, 5) is 10.8. The minimum absolute atomic E-state index is 0.343. The first-order valence-electron chi connectivity index (χ1n) is 4.96. The van der Waals surface area contributed by atoms with Gasteiger partial charge in [0.05, 0.1) is 5.56 Å². The van der Waals surface area contributed by atoms with E-state index in [1.165, 1.54) is 0 Å². The highest BCUT2D eigenvalue weighted by Gasteiger charge is 2.08. The number of carbonyl (C=O) groups is 1. The van der Waals surface area contributed by atoms with Crippen LogP contribution in [-0.4, -0.2) is 15.6 Å². The van der Waals surface area contributed by atoms with Crippen LogP contribution in [0.5, 0.6) is 0 Å². The molecule has 0 amide bonds. The molecule has 0 atom stereocenters. The van der Waals surface area contributed by atoms with Crippen molar-refractivity contribution in [3.63, 3.8) is 0 Å². The van der Waals surface area contributed by atoms with Gasteiger partial charge in [0.2, 0.25) is 0 Å². The maximum Gasteiger partial charge on any atom is 0.335 e. The molecule has 1 aromatic heterocycles. The Morgan fingerprint density at radius 1 is 1.40 bits per heavy atom. The van der Waals surface area contributed by atoms with Gasteiger partial charge in [-0.2, -0.15) is 0 Å². The highest BCUT2D eigenvalue weighted by atomic mass is 16.4. The molecule has 78 valence electrons. The minimum atomic E-state index is -0.876. The molecule has 3 nitrogen and oxygen atoms in total. The Labute approximate surface area is 87.9 Å². The first kappa shape index (κ1) is 9.77. The topological polar surface area (TPSA) is 42.2 Å². The van der Waals surface area contributed by atoms with Crippen molar-refractivity contribution in [2.45, 2.75) is 20.4 Å². The van der Waals surface area contributed by atoms with E-state index in [0.717, 1.165) is 23.1 Å². The fourth-order valence-electron chi connectivity index (χ4n) is 1.95. The molecule has 1 N–H and O–H groups in total. The van der Waals surface area contributed by atoms with E-state index in [2.05, 4.69) is 17.6 Å². The number of aromatic carboxylic acids is 1. The van der Waals surface area contributed by atoms with Gasteiger partial charge in [-0.1, -0.05) is 6.07 Å². The lowest BCUT2D eigenvalue weighted by Gasteiger charge is -2.04.